The summed E-state index contributed by atoms with van der Waals surface area (Å²) >= 11 is 5.22. The quantitative estimate of drug-likeness (QED) is 0.0223. The Hall–Kier alpha value is -18.7. The van der Waals surface area contributed by atoms with E-state index in [-0.39, 0.29) is 29.1 Å². The number of halogens is 1. The first kappa shape index (κ1) is 101. The number of benzene rings is 13. The zero-order chi connectivity index (χ0) is 102. The van der Waals surface area contributed by atoms with E-state index in [1.165, 1.54) is 14.0 Å². The summed E-state index contributed by atoms with van der Waals surface area (Å²) in [4.78, 5) is 90.2. The van der Waals surface area contributed by atoms with Gasteiger partial charge < -0.3 is 29.8 Å². The molecule has 0 amide bonds. The first-order valence-corrected chi connectivity index (χ1v) is 46.6. The van der Waals surface area contributed by atoms with Gasteiger partial charge in [-0.1, -0.05) is 217 Å². The highest BCUT2D eigenvalue weighted by atomic mass is 35.5. The Balaban J connectivity index is 0.000000133. The van der Waals surface area contributed by atoms with Crippen LogP contribution in [0.5, 0.6) is 23.0 Å². The minimum Gasteiger partial charge on any atom is -0.508 e. The Morgan fingerprint density at radius 3 is 1.28 bits per heavy atom. The van der Waals surface area contributed by atoms with Gasteiger partial charge in [0, 0.05) is 103 Å². The fourth-order valence-corrected chi connectivity index (χ4v) is 17.1. The van der Waals surface area contributed by atoms with E-state index >= 15 is 0 Å². The van der Waals surface area contributed by atoms with E-state index < -0.39 is 23.2 Å². The molecule has 2 atom stereocenters. The predicted molar refractivity (Wildman–Crippen MR) is 570 cm³/mol. The van der Waals surface area contributed by atoms with Crippen LogP contribution in [0, 0.1) is 24.8 Å². The van der Waals surface area contributed by atoms with Crippen molar-refractivity contribution in [2.75, 3.05) is 34.2 Å². The van der Waals surface area contributed by atoms with Crippen molar-refractivity contribution >= 4 is 95.9 Å². The molecule has 21 rings (SSSR count). The number of fused-ring (bicyclic) bond motifs is 5. The SMILES string of the molecule is CC1=C(c2ccc3ncccc3c2)C(=O)n2nc(-c3ccc(O)cc3)c(-c3ccccc3)c2C1.COC(=O)C(C(C)=O)c1ccc2ncccc2c1.COc1ccc(-c2[nH]nc(N)c2-c2ccccc2)cc1.COc1ccc(-c2nn3c(c2-c2ccccc2)CC(C)=C(c2ccc4ncccc4c2)C3=O)cc1.Cc1ccc(C(=O)Cl)cc1.N#CCc1ccccc1.[C-]#[N+]C(C(=O)c1ccc(OC)cc1)c1ccccc1. The summed E-state index contributed by atoms with van der Waals surface area (Å²) in [5.41, 5.74) is 31.4. The normalized spacial score (nSPS) is 11.9. The number of ether oxygens (including phenoxy) is 4. The molecule has 23 nitrogen and oxygen atoms in total. The summed E-state index contributed by atoms with van der Waals surface area (Å²) in [5, 5.41) is 37.4. The van der Waals surface area contributed by atoms with Crippen LogP contribution in [0.15, 0.2) is 394 Å². The number of aromatic nitrogens is 9. The van der Waals surface area contributed by atoms with Crippen molar-refractivity contribution in [1.82, 2.24) is 44.7 Å². The van der Waals surface area contributed by atoms with E-state index in [0.29, 0.717) is 58.7 Å². The number of carbonyl (C=O) groups is 6. The second kappa shape index (κ2) is 47.8. The van der Waals surface area contributed by atoms with E-state index in [1.54, 1.807) is 128 Å². The number of hydrogen-bond acceptors (Lipinski definition) is 19. The molecule has 145 heavy (non-hydrogen) atoms. The number of methoxy groups -OCH3 is 4. The number of nitrogen functional groups attached to an aromatic ring is 1. The number of anilines is 1. The number of phenols is 1. The van der Waals surface area contributed by atoms with Crippen LogP contribution in [0.3, 0.4) is 0 Å². The number of nitrogens with one attached hydrogen (secondary N) is 1. The maximum absolute atomic E-state index is 13.9. The van der Waals surface area contributed by atoms with Gasteiger partial charge in [0.05, 0.1) is 80.1 Å². The predicted octanol–water partition coefficient (Wildman–Crippen LogP) is 25.7. The summed E-state index contributed by atoms with van der Waals surface area (Å²) in [6.45, 7) is 14.6. The summed E-state index contributed by atoms with van der Waals surface area (Å²) in [6, 6.07) is 116. The van der Waals surface area contributed by atoms with Crippen molar-refractivity contribution < 1.29 is 52.8 Å². The van der Waals surface area contributed by atoms with Gasteiger partial charge in [-0.3, -0.25) is 53.7 Å². The molecule has 0 saturated heterocycles. The number of pyridine rings is 3. The molecule has 24 heteroatoms. The molecule has 0 radical (unpaired) electrons. The number of Topliss-reactive ketones (excluding diaryl/α,β-unsaturated/α-hetero) is 2. The van der Waals surface area contributed by atoms with Crippen molar-refractivity contribution in [2.45, 2.75) is 58.9 Å². The van der Waals surface area contributed by atoms with Crippen molar-refractivity contribution in [3.8, 4) is 96.2 Å². The Kier molecular flexibility index (Phi) is 33.2. The minimum absolute atomic E-state index is 0.107. The number of rotatable bonds is 19. The van der Waals surface area contributed by atoms with Crippen molar-refractivity contribution in [1.29, 1.82) is 5.26 Å². The van der Waals surface area contributed by atoms with Crippen LogP contribution < -0.4 is 19.9 Å². The number of phenolic OH excluding ortho intramolecular Hbond substituents is 1. The van der Waals surface area contributed by atoms with Gasteiger partial charge in [-0.15, -0.1) is 0 Å². The van der Waals surface area contributed by atoms with Gasteiger partial charge in [0.15, 0.2) is 5.82 Å². The number of carbonyl (C=O) groups excluding carboxylic acids is 6. The number of hydrogen-bond donors (Lipinski definition) is 3. The number of nitriles is 1. The fourth-order valence-electron chi connectivity index (χ4n) is 17.0. The Labute approximate surface area is 843 Å². The number of aromatic amines is 1. The number of aromatic hydroxyl groups is 1. The molecule has 8 heterocycles. The molecular weight excluding hydrogens is 1830 g/mol. The highest BCUT2D eigenvalue weighted by molar-refractivity contribution is 6.67. The van der Waals surface area contributed by atoms with Gasteiger partial charge in [-0.25, -0.2) is 6.57 Å². The third-order valence-electron chi connectivity index (χ3n) is 24.2. The average molecular weight is 1930 g/mol. The number of aryl methyl sites for hydroxylation is 1. The van der Waals surface area contributed by atoms with Gasteiger partial charge in [-0.2, -0.15) is 29.9 Å². The summed E-state index contributed by atoms with van der Waals surface area (Å²) in [5.74, 6) is 0.920. The number of H-pyrrole nitrogens is 1. The third kappa shape index (κ3) is 24.1. The highest BCUT2D eigenvalue weighted by Gasteiger charge is 2.35. The number of ketones is 2. The van der Waals surface area contributed by atoms with Crippen molar-refractivity contribution in [2.24, 2.45) is 0 Å². The molecule has 0 bridgehead atoms. The van der Waals surface area contributed by atoms with Crippen LogP contribution in [0.2, 0.25) is 0 Å². The molecule has 4 N–H and O–H groups in total. The molecular formula is C121H99ClN12O11. The van der Waals surface area contributed by atoms with E-state index in [1.807, 2.05) is 294 Å². The van der Waals surface area contributed by atoms with E-state index in [9.17, 15) is 33.9 Å². The zero-order valence-electron chi connectivity index (χ0n) is 80.6. The lowest BCUT2D eigenvalue weighted by atomic mass is 9.90. The van der Waals surface area contributed by atoms with Gasteiger partial charge in [0.25, 0.3) is 17.1 Å². The summed E-state index contributed by atoms with van der Waals surface area (Å²) in [6.07, 6.45) is 7.01. The van der Waals surface area contributed by atoms with Gasteiger partial charge in [-0.05, 0) is 242 Å². The van der Waals surface area contributed by atoms with Gasteiger partial charge in [0.2, 0.25) is 5.78 Å². The van der Waals surface area contributed by atoms with Crippen molar-refractivity contribution in [3.05, 3.63) is 461 Å². The number of esters is 1. The van der Waals surface area contributed by atoms with E-state index in [0.717, 1.165) is 162 Å². The first-order valence-electron chi connectivity index (χ1n) is 46.3. The number of allylic oxidation sites excluding steroid dienone is 4. The average Bonchev–Trinajstić information content (AvgIpc) is 1.59. The molecule has 13 aromatic carbocycles. The van der Waals surface area contributed by atoms with Crippen LogP contribution in [0.4, 0.5) is 5.82 Å². The zero-order valence-corrected chi connectivity index (χ0v) is 81.4. The molecule has 0 saturated carbocycles. The second-order valence-electron chi connectivity index (χ2n) is 33.7. The third-order valence-corrected chi connectivity index (χ3v) is 24.4. The van der Waals surface area contributed by atoms with Crippen LogP contribution in [0.25, 0.3) is 116 Å². The van der Waals surface area contributed by atoms with Crippen LogP contribution in [-0.4, -0.2) is 113 Å². The smallest absolute Gasteiger partial charge is 0.320 e. The minimum atomic E-state index is -0.861. The Bertz CT molecular complexity index is 8030. The second-order valence-corrected chi connectivity index (χ2v) is 34.1. The molecule has 2 unspecified atom stereocenters. The molecule has 2 aliphatic rings. The Morgan fingerprint density at radius 2 is 0.855 bits per heavy atom. The largest absolute Gasteiger partial charge is 0.508 e. The fraction of sp³-hybridized carbons (Fsp3) is 0.107. The Morgan fingerprint density at radius 1 is 0.462 bits per heavy atom. The van der Waals surface area contributed by atoms with E-state index in [2.05, 4.69) is 52.9 Å². The van der Waals surface area contributed by atoms with Gasteiger partial charge in [0.1, 0.15) is 46.1 Å². The molecule has 2 aliphatic heterocycles. The van der Waals surface area contributed by atoms with Crippen LogP contribution in [0.1, 0.15) is 108 Å². The molecule has 0 fully saturated rings. The molecule has 19 aromatic rings. The molecule has 716 valence electrons. The highest BCUT2D eigenvalue weighted by Crippen LogP contribution is 2.44. The molecule has 6 aromatic heterocycles. The summed E-state index contributed by atoms with van der Waals surface area (Å²) < 4.78 is 23.4. The standard InChI is InChI=1S/C30H23N3O2.C29H21N3O2.C16H15N3O.C16H13NO2.C14H13NO3.C8H7ClO.C8H7N/c1-19-17-26-28(20-7-4-3-5-8-20)29(21-10-13-24(35-2)14-11-21)32-33(26)30(34)27(19)23-12-15-25-22(18-23)9-6-16-31-25;1-18-16-25-27(19-6-3-2-4-7-19)28(20-9-12-23(33)13-10-20)31-32(25)29(34)26(18)22-11-14-24-21(17-22)8-5-15-30-24;1-20-13-9-7-12(8-10-13)15-14(16(17)19-18-15)11-5-3-2-4-6-11;1-17-15(12-6-4-3-5-7-12)16(18)13-8-10-14(19-2)11-9-13;1-9(16)13(14(17)18-2)11-5-6-12-10(8-11)4-3-7-15-12;1-6-2-4-7(5-3-6)8(9)10;9-7-6-8-4-2-1-3-5-8/h3-16,18H,17H2,1-2H3;2-15,17,33H,16H2,1H3;2-10H,1H3,(H3,17,18,19);3-11,15H,2H3;3-8,13H,1-2H3;2-5H,1H3;1-5H,6H2. The van der Waals surface area contributed by atoms with Crippen LogP contribution in [-0.2, 0) is 33.6 Å². The monoisotopic (exact) mass is 1930 g/mol. The maximum atomic E-state index is 13.9. The first-order chi connectivity index (χ1) is 70.5. The topological polar surface area (TPSA) is 317 Å². The van der Waals surface area contributed by atoms with Gasteiger partial charge >= 0.3 is 12.0 Å². The van der Waals surface area contributed by atoms with E-state index in [4.69, 9.17) is 53.6 Å². The number of nitrogens with zero attached hydrogens (tertiary/aromatic N) is 10. The lowest BCUT2D eigenvalue weighted by Crippen LogP contribution is -2.23. The molecule has 0 aliphatic carbocycles. The maximum Gasteiger partial charge on any atom is 0.320 e. The lowest BCUT2D eigenvalue weighted by molar-refractivity contribution is -0.145. The van der Waals surface area contributed by atoms with Crippen molar-refractivity contribution in [3.63, 3.8) is 0 Å². The summed E-state index contributed by atoms with van der Waals surface area (Å²) in [7, 11) is 6.15. The van der Waals surface area contributed by atoms with Crippen LogP contribution >= 0.6 is 11.6 Å². The molecule has 0 spiro atoms. The number of nitrogens with two attached hydrogens (primary N) is 1. The lowest BCUT2D eigenvalue weighted by Gasteiger charge is -2.20.